The number of amides is 4. The number of ether oxygens (including phenoxy) is 5. The molecule has 0 unspecified atom stereocenters. The van der Waals surface area contributed by atoms with E-state index in [1.807, 2.05) is 19.1 Å². The van der Waals surface area contributed by atoms with Crippen LogP contribution in [0.3, 0.4) is 0 Å². The molecule has 0 spiro atoms. The van der Waals surface area contributed by atoms with Crippen LogP contribution in [0.1, 0.15) is 96.0 Å². The third-order valence-electron chi connectivity index (χ3n) is 13.1. The Balaban J connectivity index is 1.16. The second kappa shape index (κ2) is 17.4. The Kier molecular flexibility index (Phi) is 12.2. The Morgan fingerprint density at radius 2 is 1.82 bits per heavy atom. The van der Waals surface area contributed by atoms with Gasteiger partial charge in [-0.15, -0.1) is 6.58 Å². The number of sulfonamides is 1. The number of nitrogens with zero attached hydrogens (tertiary/aromatic N) is 2. The zero-order valence-electron chi connectivity index (χ0n) is 34.4. The Bertz CT molecular complexity index is 2110. The van der Waals surface area contributed by atoms with Crippen molar-refractivity contribution in [1.82, 2.24) is 25.2 Å². The van der Waals surface area contributed by atoms with Crippen molar-refractivity contribution in [1.29, 1.82) is 0 Å². The van der Waals surface area contributed by atoms with Gasteiger partial charge in [0.05, 0.1) is 37.1 Å². The van der Waals surface area contributed by atoms with Crippen molar-refractivity contribution in [3.05, 3.63) is 36.4 Å². The quantitative estimate of drug-likeness (QED) is 0.288. The molecule has 4 saturated carbocycles. The first-order chi connectivity index (χ1) is 28.9. The fourth-order valence-corrected chi connectivity index (χ4v) is 10.9. The minimum atomic E-state index is -3.92. The molecule has 326 valence electrons. The maximum absolute atomic E-state index is 15.1. The van der Waals surface area contributed by atoms with Crippen molar-refractivity contribution in [3.8, 4) is 17.4 Å². The zero-order chi connectivity index (χ0) is 42.2. The molecule has 3 N–H and O–H groups in total. The lowest BCUT2D eigenvalue weighted by molar-refractivity contribution is -0.142. The van der Waals surface area contributed by atoms with Crippen LogP contribution < -0.4 is 29.6 Å². The zero-order valence-corrected chi connectivity index (χ0v) is 35.3. The number of rotatable bonds is 10. The summed E-state index contributed by atoms with van der Waals surface area (Å²) < 4.78 is 58.6. The van der Waals surface area contributed by atoms with E-state index in [9.17, 15) is 22.8 Å². The molecule has 6 aliphatic rings. The maximum Gasteiger partial charge on any atom is 0.408 e. The average molecular weight is 852 g/mol. The van der Waals surface area contributed by atoms with E-state index < -0.39 is 74.8 Å². The van der Waals surface area contributed by atoms with E-state index in [1.54, 1.807) is 13.2 Å². The van der Waals surface area contributed by atoms with Gasteiger partial charge in [0.1, 0.15) is 41.3 Å². The lowest BCUT2D eigenvalue weighted by Crippen LogP contribution is -2.59. The largest absolute Gasteiger partial charge is 0.496 e. The van der Waals surface area contributed by atoms with Crippen LogP contribution in [0.2, 0.25) is 0 Å². The summed E-state index contributed by atoms with van der Waals surface area (Å²) in [4.78, 5) is 63.3. The van der Waals surface area contributed by atoms with E-state index in [2.05, 4.69) is 21.9 Å². The summed E-state index contributed by atoms with van der Waals surface area (Å²) in [6.07, 6.45) is 8.07. The van der Waals surface area contributed by atoms with Gasteiger partial charge in [0.2, 0.25) is 27.7 Å². The van der Waals surface area contributed by atoms with Crippen molar-refractivity contribution in [2.75, 3.05) is 26.9 Å². The number of carbonyl (C=O) groups excluding carboxylic acids is 4. The van der Waals surface area contributed by atoms with Gasteiger partial charge in [0, 0.05) is 36.5 Å². The molecular weight excluding hydrogens is 795 g/mol. The van der Waals surface area contributed by atoms with E-state index >= 15 is 4.79 Å². The van der Waals surface area contributed by atoms with Crippen molar-refractivity contribution in [2.24, 2.45) is 11.8 Å². The van der Waals surface area contributed by atoms with Crippen LogP contribution in [0.5, 0.6) is 17.4 Å². The van der Waals surface area contributed by atoms with Gasteiger partial charge in [-0.25, -0.2) is 18.2 Å². The molecular formula is C43H57N5O11S. The topological polar surface area (TPSA) is 201 Å². The van der Waals surface area contributed by atoms with Gasteiger partial charge in [0.25, 0.3) is 5.91 Å². The second-order valence-electron chi connectivity index (χ2n) is 17.1. The Morgan fingerprint density at radius 3 is 2.53 bits per heavy atom. The first-order valence-electron chi connectivity index (χ1n) is 21.6. The van der Waals surface area contributed by atoms with E-state index in [0.717, 1.165) is 37.7 Å². The molecule has 8 rings (SSSR count). The molecule has 17 heteroatoms. The predicted molar refractivity (Wildman–Crippen MR) is 219 cm³/mol. The first kappa shape index (κ1) is 42.1. The molecule has 2 aromatic rings. The molecule has 3 heterocycles. The van der Waals surface area contributed by atoms with Crippen LogP contribution in [0.15, 0.2) is 30.9 Å². The van der Waals surface area contributed by atoms with Crippen LogP contribution >= 0.6 is 0 Å². The van der Waals surface area contributed by atoms with Crippen molar-refractivity contribution in [3.63, 3.8) is 0 Å². The van der Waals surface area contributed by atoms with Gasteiger partial charge in [-0.05, 0) is 88.7 Å². The summed E-state index contributed by atoms with van der Waals surface area (Å²) >= 11 is 0. The minimum absolute atomic E-state index is 0.0215. The molecule has 60 heavy (non-hydrogen) atoms. The standard InChI is InChI=1S/C43H57N5O11S/c1-4-27-23-43(27,41(51)47-60(53,54)29-16-17-29)46-39(49)32-20-28-24-48(32)40(50)38(25-11-7-6-8-12-25)45-42(52)59-34-15-9-14-33(34)57-18-10-13-26-19-30-31(21-35(26)55-3)44-37(56-5-2)22-36(30)58-28/h4,19,21-22,25,27-29,32-34,38H,1,5-18,20,23-24H2,2-3H3,(H,45,52)(H,46,49)(H,47,51)/t27-,28-,32+,33+,34+,38+,43-/m1/s1. The third-order valence-corrected chi connectivity index (χ3v) is 14.9. The number of benzene rings is 1. The van der Waals surface area contributed by atoms with Gasteiger partial charge in [0.15, 0.2) is 0 Å². The highest BCUT2D eigenvalue weighted by molar-refractivity contribution is 7.91. The molecule has 7 atom stereocenters. The summed E-state index contributed by atoms with van der Waals surface area (Å²) in [5, 5.41) is 5.84. The number of hydrogen-bond donors (Lipinski definition) is 3. The normalized spacial score (nSPS) is 30.1. The monoisotopic (exact) mass is 851 g/mol. The Labute approximate surface area is 350 Å². The number of methoxy groups -OCH3 is 1. The van der Waals surface area contributed by atoms with Gasteiger partial charge in [-0.2, -0.15) is 0 Å². The summed E-state index contributed by atoms with van der Waals surface area (Å²) in [5.74, 6) is -1.27. The third kappa shape index (κ3) is 8.74. The van der Waals surface area contributed by atoms with Gasteiger partial charge >= 0.3 is 6.09 Å². The summed E-state index contributed by atoms with van der Waals surface area (Å²) in [5.41, 5.74) is -0.0821. The number of hydrogen-bond acceptors (Lipinski definition) is 12. The number of alkyl carbamates (subject to hydrolysis) is 1. The Morgan fingerprint density at radius 1 is 1.03 bits per heavy atom. The smallest absolute Gasteiger partial charge is 0.408 e. The first-order valence-corrected chi connectivity index (χ1v) is 23.2. The fourth-order valence-electron chi connectivity index (χ4n) is 9.56. The molecule has 5 fully saturated rings. The van der Waals surface area contributed by atoms with Gasteiger partial charge < -0.3 is 39.2 Å². The molecule has 2 aliphatic heterocycles. The molecule has 0 radical (unpaired) electrons. The maximum atomic E-state index is 15.1. The molecule has 1 aromatic heterocycles. The van der Waals surface area contributed by atoms with E-state index in [1.165, 1.54) is 11.0 Å². The van der Waals surface area contributed by atoms with E-state index in [-0.39, 0.29) is 31.4 Å². The average Bonchev–Trinajstić information content (AvgIpc) is 4.13. The highest BCUT2D eigenvalue weighted by Crippen LogP contribution is 2.46. The SMILES string of the molecule is C=C[C@@H]1C[C@]1(NC(=O)[C@@H]1C[C@@H]2CN1C(=O)[C@H](C1CCCCC1)NC(=O)O[C@H]1CCC[C@@H]1OCCCc1cc3c(cc(OCC)nc3cc1OC)O2)C(=O)NS(=O)(=O)C1CC1. The number of aryl methyl sites for hydroxylation is 1. The van der Waals surface area contributed by atoms with E-state index in [4.69, 9.17) is 28.7 Å². The summed E-state index contributed by atoms with van der Waals surface area (Å²) in [6.45, 7) is 6.44. The fraction of sp³-hybridized carbons (Fsp3) is 0.651. The highest BCUT2D eigenvalue weighted by Gasteiger charge is 2.62. The van der Waals surface area contributed by atoms with Crippen molar-refractivity contribution in [2.45, 2.75) is 138 Å². The molecule has 4 bridgehead atoms. The van der Waals surface area contributed by atoms with Crippen LogP contribution in [-0.4, -0.2) is 110 Å². The molecule has 1 aromatic carbocycles. The van der Waals surface area contributed by atoms with Crippen LogP contribution in [0.25, 0.3) is 10.9 Å². The number of aromatic nitrogens is 1. The second-order valence-corrected chi connectivity index (χ2v) is 19.1. The number of pyridine rings is 1. The van der Waals surface area contributed by atoms with Crippen molar-refractivity contribution < 1.29 is 51.3 Å². The van der Waals surface area contributed by atoms with E-state index in [0.29, 0.717) is 86.4 Å². The summed E-state index contributed by atoms with van der Waals surface area (Å²) in [6, 6.07) is 3.38. The van der Waals surface area contributed by atoms with Gasteiger partial charge in [-0.1, -0.05) is 25.3 Å². The van der Waals surface area contributed by atoms with Crippen molar-refractivity contribution >= 4 is 44.7 Å². The Hall–Kier alpha value is -4.64. The minimum Gasteiger partial charge on any atom is -0.496 e. The lowest BCUT2D eigenvalue weighted by atomic mass is 9.83. The number of carbonyl (C=O) groups is 4. The van der Waals surface area contributed by atoms with Crippen LogP contribution in [0, 0.1) is 11.8 Å². The molecule has 4 aliphatic carbocycles. The van der Waals surface area contributed by atoms with Crippen LogP contribution in [0.4, 0.5) is 4.79 Å². The molecule has 4 amide bonds. The number of fused-ring (bicyclic) bond motifs is 4. The molecule has 1 saturated heterocycles. The van der Waals surface area contributed by atoms with Crippen LogP contribution in [-0.2, 0) is 40.3 Å². The number of nitrogens with one attached hydrogen (secondary N) is 3. The lowest BCUT2D eigenvalue weighted by Gasteiger charge is -2.35. The summed E-state index contributed by atoms with van der Waals surface area (Å²) in [7, 11) is -2.31. The highest BCUT2D eigenvalue weighted by atomic mass is 32.2. The van der Waals surface area contributed by atoms with Gasteiger partial charge in [-0.3, -0.25) is 19.1 Å². The predicted octanol–water partition coefficient (Wildman–Crippen LogP) is 4.22. The molecule has 16 nitrogen and oxygen atoms in total.